The van der Waals surface area contributed by atoms with E-state index in [1.54, 1.807) is 12.1 Å². The van der Waals surface area contributed by atoms with Gasteiger partial charge in [0.1, 0.15) is 0 Å². The molecule has 1 atom stereocenters. The topological polar surface area (TPSA) is 20.2 Å². The average molecular weight is 263 g/mol. The van der Waals surface area contributed by atoms with E-state index >= 15 is 0 Å². The van der Waals surface area contributed by atoms with Crippen molar-refractivity contribution in [3.8, 4) is 5.75 Å². The molecular formula is C6H6BIOP-. The van der Waals surface area contributed by atoms with Crippen LogP contribution in [0.3, 0.4) is 0 Å². The number of rotatable bonds is 2. The van der Waals surface area contributed by atoms with Crippen LogP contribution in [0.4, 0.5) is 0 Å². The van der Waals surface area contributed by atoms with Crippen molar-refractivity contribution in [1.82, 2.24) is 0 Å². The molecule has 1 N–H and O–H groups in total. The summed E-state index contributed by atoms with van der Waals surface area (Å²) in [6, 6.07) is 7.27. The number of hydrogen-bond donors (Lipinski definition) is 1. The quantitative estimate of drug-likeness (QED) is 0.384. The van der Waals surface area contributed by atoms with Gasteiger partial charge in [-0.15, -0.1) is 0 Å². The number of phenols is 1. The van der Waals surface area contributed by atoms with Gasteiger partial charge in [-0.05, 0) is 0 Å². The van der Waals surface area contributed by atoms with Gasteiger partial charge < -0.3 is 0 Å². The van der Waals surface area contributed by atoms with Crippen molar-refractivity contribution in [2.75, 3.05) is 0 Å². The molecule has 0 aromatic heterocycles. The molecule has 0 saturated carbocycles. The fourth-order valence-corrected chi connectivity index (χ4v) is 3.34. The summed E-state index contributed by atoms with van der Waals surface area (Å²) in [4.78, 5) is 0. The van der Waals surface area contributed by atoms with Gasteiger partial charge in [0.05, 0.1) is 0 Å². The van der Waals surface area contributed by atoms with Gasteiger partial charge in [-0.1, -0.05) is 0 Å². The van der Waals surface area contributed by atoms with Crippen LogP contribution in [-0.2, 0) is 0 Å². The van der Waals surface area contributed by atoms with Gasteiger partial charge in [0.2, 0.25) is 0 Å². The molecule has 0 bridgehead atoms. The van der Waals surface area contributed by atoms with E-state index in [1.165, 1.54) is 3.57 Å². The third-order valence-electron chi connectivity index (χ3n) is 0.990. The fourth-order valence-electron chi connectivity index (χ4n) is 0.567. The van der Waals surface area contributed by atoms with Gasteiger partial charge in [-0.3, -0.25) is 0 Å². The van der Waals surface area contributed by atoms with Crippen molar-refractivity contribution >= 4 is 13.7 Å². The Morgan fingerprint density at radius 3 is 2.40 bits per heavy atom. The van der Waals surface area contributed by atoms with Crippen molar-refractivity contribution in [3.05, 3.63) is 27.8 Å². The number of halogens is 1. The Morgan fingerprint density at radius 2 is 1.90 bits per heavy atom. The zero-order valence-corrected chi connectivity index (χ0v) is 8.37. The molecule has 1 unspecified atom stereocenters. The molecule has 0 aliphatic heterocycles. The molecule has 0 fully saturated rings. The third kappa shape index (κ3) is 2.47. The first-order chi connectivity index (χ1) is 4.83. The first kappa shape index (κ1) is 8.34. The molecule has 1 rings (SSSR count). The molecular weight excluding hydrogens is 257 g/mol. The van der Waals surface area contributed by atoms with Gasteiger partial charge >= 0.3 is 73.0 Å². The molecule has 4 heteroatoms. The summed E-state index contributed by atoms with van der Waals surface area (Å²) in [6.45, 7) is 0. The molecule has 10 heavy (non-hydrogen) atoms. The Hall–Kier alpha value is 0.245. The number of aromatic hydroxyl groups is 1. The number of phenolic OH excluding ortho intramolecular Hbond substituents is 1. The molecule has 52 valence electrons. The van der Waals surface area contributed by atoms with E-state index in [4.69, 9.17) is 12.7 Å². The summed E-state index contributed by atoms with van der Waals surface area (Å²) in [5, 5.41) is 8.91. The number of benzene rings is 1. The van der Waals surface area contributed by atoms with E-state index in [-0.39, 0.29) is 20.7 Å². The predicted molar refractivity (Wildman–Crippen MR) is 40.9 cm³/mol. The van der Waals surface area contributed by atoms with Crippen molar-refractivity contribution < 1.29 is 25.8 Å². The zero-order chi connectivity index (χ0) is 7.40. The summed E-state index contributed by atoms with van der Waals surface area (Å²) >= 11 is 0.0116. The minimum atomic E-state index is 0.0116. The second-order valence-corrected chi connectivity index (χ2v) is 6.82. The Balaban J connectivity index is 2.69. The molecule has 0 aliphatic rings. The summed E-state index contributed by atoms with van der Waals surface area (Å²) in [7, 11) is 5.41. The van der Waals surface area contributed by atoms with Crippen LogP contribution in [0.5, 0.6) is 5.75 Å². The van der Waals surface area contributed by atoms with E-state index in [0.29, 0.717) is 11.9 Å². The normalized spacial score (nSPS) is 11.2. The SMILES string of the molecule is [B]P[I-]c1ccc(O)cc1. The van der Waals surface area contributed by atoms with E-state index in [2.05, 4.69) is 0 Å². The Morgan fingerprint density at radius 1 is 1.30 bits per heavy atom. The molecule has 0 spiro atoms. The van der Waals surface area contributed by atoms with Crippen LogP contribution in [0.25, 0.3) is 0 Å². The molecule has 0 saturated heterocycles. The van der Waals surface area contributed by atoms with E-state index < -0.39 is 0 Å². The molecule has 0 aliphatic carbocycles. The van der Waals surface area contributed by atoms with Crippen molar-refractivity contribution in [2.24, 2.45) is 0 Å². The van der Waals surface area contributed by atoms with Crippen LogP contribution in [0.15, 0.2) is 24.3 Å². The van der Waals surface area contributed by atoms with E-state index in [9.17, 15) is 0 Å². The van der Waals surface area contributed by atoms with Gasteiger partial charge in [0.15, 0.2) is 0 Å². The molecule has 0 amide bonds. The van der Waals surface area contributed by atoms with Crippen molar-refractivity contribution in [3.63, 3.8) is 0 Å². The Bertz CT molecular complexity index is 201. The average Bonchev–Trinajstić information content (AvgIpc) is 1.95. The second kappa shape index (κ2) is 4.19. The Labute approximate surface area is 73.0 Å². The maximum atomic E-state index is 8.91. The van der Waals surface area contributed by atoms with Gasteiger partial charge in [-0.2, -0.15) is 0 Å². The second-order valence-electron chi connectivity index (χ2n) is 1.68. The van der Waals surface area contributed by atoms with Gasteiger partial charge in [0, 0.05) is 0 Å². The van der Waals surface area contributed by atoms with E-state index in [1.807, 2.05) is 12.1 Å². The first-order valence-electron chi connectivity index (χ1n) is 2.71. The number of hydrogen-bond acceptors (Lipinski definition) is 1. The summed E-state index contributed by atoms with van der Waals surface area (Å²) in [5.74, 6) is 0.327. The molecule has 1 nitrogen and oxygen atoms in total. The molecule has 0 heterocycles. The van der Waals surface area contributed by atoms with E-state index in [0.717, 1.165) is 0 Å². The van der Waals surface area contributed by atoms with Crippen LogP contribution in [-0.4, -0.2) is 12.7 Å². The summed E-state index contributed by atoms with van der Waals surface area (Å²) < 4.78 is 1.29. The van der Waals surface area contributed by atoms with Crippen molar-refractivity contribution in [1.29, 1.82) is 0 Å². The van der Waals surface area contributed by atoms with Gasteiger partial charge in [-0.25, -0.2) is 0 Å². The fraction of sp³-hybridized carbons (Fsp3) is 0. The van der Waals surface area contributed by atoms with Crippen LogP contribution < -0.4 is 20.7 Å². The summed E-state index contributed by atoms with van der Waals surface area (Å²) in [5.41, 5.74) is 0. The van der Waals surface area contributed by atoms with Crippen LogP contribution in [0, 0.1) is 3.57 Å². The Kier molecular flexibility index (Phi) is 3.50. The third-order valence-corrected chi connectivity index (χ3v) is 4.84. The predicted octanol–water partition coefficient (Wildman–Crippen LogP) is -1.67. The minimum absolute atomic E-state index is 0.0116. The van der Waals surface area contributed by atoms with Crippen LogP contribution >= 0.6 is 6.10 Å². The first-order valence-corrected chi connectivity index (χ1v) is 7.98. The standard InChI is InChI=1S/C6H6BIOP/c7-10-8-5-1-3-6(9)4-2-5/h1-4,9-10H/q-1. The van der Waals surface area contributed by atoms with Crippen molar-refractivity contribution in [2.45, 2.75) is 0 Å². The van der Waals surface area contributed by atoms with Gasteiger partial charge in [0.25, 0.3) is 0 Å². The molecule has 1 aromatic rings. The summed E-state index contributed by atoms with van der Waals surface area (Å²) in [6.07, 6.45) is 0.560. The van der Waals surface area contributed by atoms with Crippen LogP contribution in [0.2, 0.25) is 0 Å². The zero-order valence-electron chi connectivity index (χ0n) is 5.21. The molecule has 1 aromatic carbocycles. The van der Waals surface area contributed by atoms with Crippen LogP contribution in [0.1, 0.15) is 0 Å². The molecule has 2 radical (unpaired) electrons. The maximum absolute atomic E-state index is 8.91. The monoisotopic (exact) mass is 263 g/mol.